The highest BCUT2D eigenvalue weighted by Crippen LogP contribution is 2.26. The molecule has 0 saturated carbocycles. The van der Waals surface area contributed by atoms with Crippen LogP contribution in [0.1, 0.15) is 36.8 Å². The van der Waals surface area contributed by atoms with Crippen LogP contribution in [-0.2, 0) is 13.5 Å². The molecule has 0 amide bonds. The summed E-state index contributed by atoms with van der Waals surface area (Å²) >= 11 is 0. The van der Waals surface area contributed by atoms with Crippen molar-refractivity contribution in [3.8, 4) is 5.75 Å². The molecule has 4 nitrogen and oxygen atoms in total. The van der Waals surface area contributed by atoms with Crippen LogP contribution in [0.15, 0.2) is 30.6 Å². The van der Waals surface area contributed by atoms with Crippen molar-refractivity contribution in [2.24, 2.45) is 7.05 Å². The average molecular weight is 287 g/mol. The first-order valence-electron chi connectivity index (χ1n) is 7.54. The van der Waals surface area contributed by atoms with Gasteiger partial charge < -0.3 is 14.6 Å². The highest BCUT2D eigenvalue weighted by atomic mass is 16.5. The van der Waals surface area contributed by atoms with Crippen LogP contribution >= 0.6 is 0 Å². The molecule has 1 unspecified atom stereocenters. The molecule has 0 aliphatic carbocycles. The minimum Gasteiger partial charge on any atom is -0.493 e. The molecule has 0 fully saturated rings. The van der Waals surface area contributed by atoms with E-state index < -0.39 is 0 Å². The van der Waals surface area contributed by atoms with E-state index in [1.807, 2.05) is 24.0 Å². The molecule has 2 rings (SSSR count). The first-order chi connectivity index (χ1) is 10.1. The van der Waals surface area contributed by atoms with Crippen LogP contribution in [-0.4, -0.2) is 22.7 Å². The summed E-state index contributed by atoms with van der Waals surface area (Å²) < 4.78 is 8.02. The second-order valence-corrected chi connectivity index (χ2v) is 5.37. The Kier molecular flexibility index (Phi) is 5.39. The molecular weight excluding hydrogens is 262 g/mol. The zero-order chi connectivity index (χ0) is 15.2. The molecule has 0 saturated heterocycles. The summed E-state index contributed by atoms with van der Waals surface area (Å²) in [4.78, 5) is 4.32. The molecule has 21 heavy (non-hydrogen) atoms. The van der Waals surface area contributed by atoms with E-state index >= 15 is 0 Å². The van der Waals surface area contributed by atoms with E-state index in [9.17, 15) is 0 Å². The number of nitrogens with one attached hydrogen (secondary N) is 1. The average Bonchev–Trinajstić information content (AvgIpc) is 2.86. The van der Waals surface area contributed by atoms with Crippen LogP contribution in [0.5, 0.6) is 5.75 Å². The minimum absolute atomic E-state index is 0.290. The monoisotopic (exact) mass is 287 g/mol. The molecule has 0 aliphatic rings. The maximum absolute atomic E-state index is 5.99. The van der Waals surface area contributed by atoms with E-state index in [0.29, 0.717) is 6.61 Å². The van der Waals surface area contributed by atoms with Crippen molar-refractivity contribution in [2.75, 3.05) is 13.2 Å². The van der Waals surface area contributed by atoms with Gasteiger partial charge in [0.25, 0.3) is 0 Å². The van der Waals surface area contributed by atoms with Gasteiger partial charge in [0, 0.05) is 37.5 Å². The second kappa shape index (κ2) is 7.27. The lowest BCUT2D eigenvalue weighted by atomic mass is 10.0. The van der Waals surface area contributed by atoms with Crippen molar-refractivity contribution in [3.63, 3.8) is 0 Å². The van der Waals surface area contributed by atoms with E-state index in [1.165, 1.54) is 11.1 Å². The number of nitrogens with zero attached hydrogens (tertiary/aromatic N) is 2. The van der Waals surface area contributed by atoms with E-state index in [2.05, 4.69) is 49.3 Å². The summed E-state index contributed by atoms with van der Waals surface area (Å²) in [5.74, 6) is 2.01. The standard InChI is InChI=1S/C17H25N3O/c1-5-18-14(3)15-12-13(2)6-7-16(15)21-11-8-17-19-9-10-20(17)4/h6-7,9-10,12,14,18H,5,8,11H2,1-4H3. The lowest BCUT2D eigenvalue weighted by Crippen LogP contribution is -2.19. The van der Waals surface area contributed by atoms with Crippen LogP contribution in [0.3, 0.4) is 0 Å². The summed E-state index contributed by atoms with van der Waals surface area (Å²) in [6.45, 7) is 7.99. The predicted octanol–water partition coefficient (Wildman–Crippen LogP) is 3.02. The first-order valence-corrected chi connectivity index (χ1v) is 7.54. The fourth-order valence-corrected chi connectivity index (χ4v) is 2.44. The molecule has 0 radical (unpaired) electrons. The quantitative estimate of drug-likeness (QED) is 0.851. The third-order valence-corrected chi connectivity index (χ3v) is 3.65. The van der Waals surface area contributed by atoms with E-state index in [-0.39, 0.29) is 6.04 Å². The Hall–Kier alpha value is -1.81. The summed E-state index contributed by atoms with van der Waals surface area (Å²) in [6.07, 6.45) is 4.59. The molecule has 1 atom stereocenters. The number of ether oxygens (including phenoxy) is 1. The zero-order valence-electron chi connectivity index (χ0n) is 13.4. The predicted molar refractivity (Wildman–Crippen MR) is 85.7 cm³/mol. The number of aryl methyl sites for hydroxylation is 2. The maximum atomic E-state index is 5.99. The van der Waals surface area contributed by atoms with Gasteiger partial charge >= 0.3 is 0 Å². The Balaban J connectivity index is 2.03. The molecule has 4 heteroatoms. The van der Waals surface area contributed by atoms with Crippen molar-refractivity contribution in [1.82, 2.24) is 14.9 Å². The molecular formula is C17H25N3O. The van der Waals surface area contributed by atoms with Gasteiger partial charge in [0.05, 0.1) is 6.61 Å². The summed E-state index contributed by atoms with van der Waals surface area (Å²) in [6, 6.07) is 6.65. The van der Waals surface area contributed by atoms with Crippen molar-refractivity contribution in [1.29, 1.82) is 0 Å². The highest BCUT2D eigenvalue weighted by molar-refractivity contribution is 5.39. The molecule has 114 valence electrons. The fraction of sp³-hybridized carbons (Fsp3) is 0.471. The van der Waals surface area contributed by atoms with Gasteiger partial charge in [-0.25, -0.2) is 4.98 Å². The van der Waals surface area contributed by atoms with Gasteiger partial charge in [-0.2, -0.15) is 0 Å². The van der Waals surface area contributed by atoms with Crippen molar-refractivity contribution >= 4 is 0 Å². The lowest BCUT2D eigenvalue weighted by molar-refractivity contribution is 0.311. The molecule has 2 aromatic rings. The summed E-state index contributed by atoms with van der Waals surface area (Å²) in [5.41, 5.74) is 2.47. The molecule has 0 bridgehead atoms. The Morgan fingerprint density at radius 1 is 1.38 bits per heavy atom. The normalized spacial score (nSPS) is 12.4. The van der Waals surface area contributed by atoms with Crippen molar-refractivity contribution in [3.05, 3.63) is 47.5 Å². The van der Waals surface area contributed by atoms with Crippen LogP contribution in [0.25, 0.3) is 0 Å². The Morgan fingerprint density at radius 2 is 2.19 bits per heavy atom. The second-order valence-electron chi connectivity index (χ2n) is 5.37. The number of hydrogen-bond donors (Lipinski definition) is 1. The zero-order valence-corrected chi connectivity index (χ0v) is 13.4. The van der Waals surface area contributed by atoms with Crippen LogP contribution < -0.4 is 10.1 Å². The van der Waals surface area contributed by atoms with Crippen molar-refractivity contribution < 1.29 is 4.74 Å². The third kappa shape index (κ3) is 4.08. The topological polar surface area (TPSA) is 39.1 Å². The Labute approximate surface area is 127 Å². The van der Waals surface area contributed by atoms with Gasteiger partial charge in [-0.05, 0) is 26.5 Å². The van der Waals surface area contributed by atoms with Gasteiger partial charge in [-0.1, -0.05) is 24.6 Å². The van der Waals surface area contributed by atoms with E-state index in [4.69, 9.17) is 4.74 Å². The van der Waals surface area contributed by atoms with E-state index in [0.717, 1.165) is 24.5 Å². The summed E-state index contributed by atoms with van der Waals surface area (Å²) in [7, 11) is 2.01. The number of imidazole rings is 1. The Morgan fingerprint density at radius 3 is 2.86 bits per heavy atom. The van der Waals surface area contributed by atoms with Gasteiger partial charge in [0.15, 0.2) is 0 Å². The molecule has 1 aromatic carbocycles. The van der Waals surface area contributed by atoms with Gasteiger partial charge in [0.2, 0.25) is 0 Å². The van der Waals surface area contributed by atoms with Crippen molar-refractivity contribution in [2.45, 2.75) is 33.2 Å². The summed E-state index contributed by atoms with van der Waals surface area (Å²) in [5, 5.41) is 3.45. The smallest absolute Gasteiger partial charge is 0.124 e. The Bertz CT molecular complexity index is 577. The SMILES string of the molecule is CCNC(C)c1cc(C)ccc1OCCc1nccn1C. The minimum atomic E-state index is 0.290. The molecule has 1 aromatic heterocycles. The van der Waals surface area contributed by atoms with Gasteiger partial charge in [-0.3, -0.25) is 0 Å². The van der Waals surface area contributed by atoms with Gasteiger partial charge in [-0.15, -0.1) is 0 Å². The lowest BCUT2D eigenvalue weighted by Gasteiger charge is -2.18. The van der Waals surface area contributed by atoms with E-state index in [1.54, 1.807) is 0 Å². The number of aromatic nitrogens is 2. The molecule has 1 N–H and O–H groups in total. The molecule has 0 spiro atoms. The third-order valence-electron chi connectivity index (χ3n) is 3.65. The molecule has 0 aliphatic heterocycles. The largest absolute Gasteiger partial charge is 0.493 e. The fourth-order valence-electron chi connectivity index (χ4n) is 2.44. The molecule has 1 heterocycles. The number of benzene rings is 1. The van der Waals surface area contributed by atoms with Crippen LogP contribution in [0.2, 0.25) is 0 Å². The first kappa shape index (κ1) is 15.6. The number of hydrogen-bond acceptors (Lipinski definition) is 3. The van der Waals surface area contributed by atoms with Crippen LogP contribution in [0.4, 0.5) is 0 Å². The number of rotatable bonds is 7. The maximum Gasteiger partial charge on any atom is 0.124 e. The van der Waals surface area contributed by atoms with Gasteiger partial charge in [0.1, 0.15) is 11.6 Å². The van der Waals surface area contributed by atoms with Crippen LogP contribution in [0, 0.1) is 6.92 Å². The highest BCUT2D eigenvalue weighted by Gasteiger charge is 2.11.